The predicted molar refractivity (Wildman–Crippen MR) is 94.7 cm³/mol. The Hall–Kier alpha value is -1.93. The Bertz CT molecular complexity index is 782. The lowest BCUT2D eigenvalue weighted by Crippen LogP contribution is -2.51. The summed E-state index contributed by atoms with van der Waals surface area (Å²) in [5.74, 6) is -0.321. The van der Waals surface area contributed by atoms with Crippen LogP contribution in [0.15, 0.2) is 29.2 Å². The van der Waals surface area contributed by atoms with E-state index in [2.05, 4.69) is 0 Å². The van der Waals surface area contributed by atoms with Crippen LogP contribution in [0.5, 0.6) is 0 Å². The molecule has 0 bridgehead atoms. The zero-order chi connectivity index (χ0) is 18.9. The molecule has 1 aromatic rings. The van der Waals surface area contributed by atoms with E-state index >= 15 is 0 Å². The number of esters is 1. The molecule has 7 nitrogen and oxygen atoms in total. The minimum absolute atomic E-state index is 0.0701. The third-order valence-corrected chi connectivity index (χ3v) is 6.91. The maximum absolute atomic E-state index is 12.7. The van der Waals surface area contributed by atoms with Crippen molar-refractivity contribution in [3.05, 3.63) is 29.8 Å². The van der Waals surface area contributed by atoms with Crippen LogP contribution < -0.4 is 0 Å². The molecule has 3 rings (SSSR count). The number of hydrogen-bond acceptors (Lipinski definition) is 5. The first-order valence-corrected chi connectivity index (χ1v) is 10.2. The van der Waals surface area contributed by atoms with Crippen LogP contribution in [0.1, 0.15) is 18.9 Å². The van der Waals surface area contributed by atoms with E-state index < -0.39 is 10.0 Å². The van der Waals surface area contributed by atoms with Gasteiger partial charge in [0.2, 0.25) is 10.0 Å². The summed E-state index contributed by atoms with van der Waals surface area (Å²) in [4.78, 5) is 25.7. The number of aryl methyl sites for hydroxylation is 1. The number of carbonyl (C=O) groups excluding carboxylic acids is 2. The fraction of sp³-hybridized carbons (Fsp3) is 0.556. The highest BCUT2D eigenvalue weighted by Gasteiger charge is 2.41. The van der Waals surface area contributed by atoms with E-state index in [0.29, 0.717) is 19.0 Å². The van der Waals surface area contributed by atoms with E-state index in [9.17, 15) is 18.0 Å². The SMILES string of the molecule is Cc1ccc(S(=O)(=O)N2CCN(C(=O)COC(=O)[C@H]3C[C@H]3C)CC2)cc1. The van der Waals surface area contributed by atoms with Gasteiger partial charge in [0.1, 0.15) is 0 Å². The third-order valence-electron chi connectivity index (χ3n) is 5.00. The fourth-order valence-electron chi connectivity index (χ4n) is 3.02. The summed E-state index contributed by atoms with van der Waals surface area (Å²) in [6, 6.07) is 6.73. The first kappa shape index (κ1) is 18.8. The van der Waals surface area contributed by atoms with E-state index in [-0.39, 0.29) is 42.4 Å². The Kier molecular flexibility index (Phi) is 5.34. The lowest BCUT2D eigenvalue weighted by molar-refractivity contribution is -0.153. The Balaban J connectivity index is 1.51. The molecule has 0 aromatic heterocycles. The molecule has 142 valence electrons. The van der Waals surface area contributed by atoms with Crippen LogP contribution in [0.3, 0.4) is 0 Å². The molecule has 26 heavy (non-hydrogen) atoms. The van der Waals surface area contributed by atoms with Crippen LogP contribution in [0.25, 0.3) is 0 Å². The van der Waals surface area contributed by atoms with Crippen molar-refractivity contribution in [1.82, 2.24) is 9.21 Å². The number of nitrogens with zero attached hydrogens (tertiary/aromatic N) is 2. The molecule has 1 saturated carbocycles. The molecule has 2 aliphatic rings. The van der Waals surface area contributed by atoms with Gasteiger partial charge in [-0.05, 0) is 31.4 Å². The topological polar surface area (TPSA) is 84.0 Å². The molecule has 0 N–H and O–H groups in total. The van der Waals surface area contributed by atoms with Crippen molar-refractivity contribution in [1.29, 1.82) is 0 Å². The standard InChI is InChI=1S/C18H24N2O5S/c1-13-3-5-15(6-4-13)26(23,24)20-9-7-19(8-10-20)17(21)12-25-18(22)16-11-14(16)2/h3-6,14,16H,7-12H2,1-2H3/t14-,16+/m1/s1. The predicted octanol–water partition coefficient (Wildman–Crippen LogP) is 1.03. The molecular weight excluding hydrogens is 356 g/mol. The van der Waals surface area contributed by atoms with Crippen molar-refractivity contribution in [3.63, 3.8) is 0 Å². The summed E-state index contributed by atoms with van der Waals surface area (Å²) in [6.07, 6.45) is 0.822. The van der Waals surface area contributed by atoms with Crippen LogP contribution in [0.4, 0.5) is 0 Å². The largest absolute Gasteiger partial charge is 0.455 e. The van der Waals surface area contributed by atoms with Gasteiger partial charge >= 0.3 is 5.97 Å². The summed E-state index contributed by atoms with van der Waals surface area (Å²) < 4.78 is 31.8. The normalized spacial score (nSPS) is 23.5. The third kappa shape index (κ3) is 4.07. The summed E-state index contributed by atoms with van der Waals surface area (Å²) in [7, 11) is -3.55. The minimum atomic E-state index is -3.55. The molecule has 2 fully saturated rings. The summed E-state index contributed by atoms with van der Waals surface area (Å²) in [6.45, 7) is 4.65. The van der Waals surface area contributed by atoms with E-state index in [1.807, 2.05) is 13.8 Å². The molecule has 1 heterocycles. The van der Waals surface area contributed by atoms with Crippen molar-refractivity contribution >= 4 is 21.9 Å². The van der Waals surface area contributed by atoms with Crippen LogP contribution in [-0.4, -0.2) is 62.3 Å². The van der Waals surface area contributed by atoms with Crippen molar-refractivity contribution in [2.24, 2.45) is 11.8 Å². The van der Waals surface area contributed by atoms with Gasteiger partial charge in [-0.15, -0.1) is 0 Å². The van der Waals surface area contributed by atoms with Crippen molar-refractivity contribution in [2.45, 2.75) is 25.2 Å². The Morgan fingerprint density at radius 2 is 1.69 bits per heavy atom. The van der Waals surface area contributed by atoms with Crippen LogP contribution in [0, 0.1) is 18.8 Å². The number of amides is 1. The lowest BCUT2D eigenvalue weighted by Gasteiger charge is -2.33. The molecule has 1 saturated heterocycles. The Labute approximate surface area is 154 Å². The number of carbonyl (C=O) groups is 2. The summed E-state index contributed by atoms with van der Waals surface area (Å²) in [5.41, 5.74) is 0.995. The monoisotopic (exact) mass is 380 g/mol. The van der Waals surface area contributed by atoms with Gasteiger partial charge in [0.05, 0.1) is 10.8 Å². The molecule has 0 spiro atoms. The number of benzene rings is 1. The smallest absolute Gasteiger partial charge is 0.309 e. The molecule has 1 aliphatic heterocycles. The average molecular weight is 380 g/mol. The van der Waals surface area contributed by atoms with Gasteiger partial charge in [0.25, 0.3) is 5.91 Å². The lowest BCUT2D eigenvalue weighted by atomic mass is 10.2. The number of piperazine rings is 1. The molecule has 1 aliphatic carbocycles. The molecule has 2 atom stereocenters. The van der Waals surface area contributed by atoms with Gasteiger partial charge in [-0.2, -0.15) is 4.31 Å². The van der Waals surface area contributed by atoms with E-state index in [1.165, 1.54) is 4.31 Å². The molecule has 1 aromatic carbocycles. The van der Waals surface area contributed by atoms with E-state index in [4.69, 9.17) is 4.74 Å². The van der Waals surface area contributed by atoms with Gasteiger partial charge in [-0.3, -0.25) is 9.59 Å². The van der Waals surface area contributed by atoms with Crippen molar-refractivity contribution < 1.29 is 22.7 Å². The molecular formula is C18H24N2O5S. The van der Waals surface area contributed by atoms with Crippen molar-refractivity contribution in [3.8, 4) is 0 Å². The van der Waals surface area contributed by atoms with Gasteiger partial charge in [0.15, 0.2) is 6.61 Å². The average Bonchev–Trinajstić information content (AvgIpc) is 3.36. The van der Waals surface area contributed by atoms with Gasteiger partial charge in [-0.25, -0.2) is 8.42 Å². The van der Waals surface area contributed by atoms with Gasteiger partial charge in [0, 0.05) is 26.2 Å². The zero-order valence-corrected chi connectivity index (χ0v) is 15.9. The summed E-state index contributed by atoms with van der Waals surface area (Å²) >= 11 is 0. The first-order valence-electron chi connectivity index (χ1n) is 8.80. The zero-order valence-electron chi connectivity index (χ0n) is 15.1. The molecule has 0 radical (unpaired) electrons. The highest BCUT2D eigenvalue weighted by molar-refractivity contribution is 7.89. The maximum atomic E-state index is 12.7. The quantitative estimate of drug-likeness (QED) is 0.713. The summed E-state index contributed by atoms with van der Waals surface area (Å²) in [5, 5.41) is 0. The molecule has 8 heteroatoms. The first-order chi connectivity index (χ1) is 12.3. The highest BCUT2D eigenvalue weighted by Crippen LogP contribution is 2.38. The Morgan fingerprint density at radius 1 is 1.12 bits per heavy atom. The number of rotatable bonds is 5. The number of ether oxygens (including phenoxy) is 1. The van der Waals surface area contributed by atoms with Gasteiger partial charge in [-0.1, -0.05) is 24.6 Å². The molecule has 1 amide bonds. The second kappa shape index (κ2) is 7.36. The van der Waals surface area contributed by atoms with Crippen LogP contribution in [0.2, 0.25) is 0 Å². The van der Waals surface area contributed by atoms with Crippen LogP contribution in [-0.2, 0) is 24.3 Å². The maximum Gasteiger partial charge on any atom is 0.309 e. The van der Waals surface area contributed by atoms with E-state index in [0.717, 1.165) is 12.0 Å². The van der Waals surface area contributed by atoms with Crippen molar-refractivity contribution in [2.75, 3.05) is 32.8 Å². The number of hydrogen-bond donors (Lipinski definition) is 0. The van der Waals surface area contributed by atoms with Crippen LogP contribution >= 0.6 is 0 Å². The minimum Gasteiger partial charge on any atom is -0.455 e. The van der Waals surface area contributed by atoms with E-state index in [1.54, 1.807) is 29.2 Å². The second-order valence-electron chi connectivity index (χ2n) is 7.03. The van der Waals surface area contributed by atoms with Gasteiger partial charge < -0.3 is 9.64 Å². The second-order valence-corrected chi connectivity index (χ2v) is 8.96. The molecule has 0 unspecified atom stereocenters. The highest BCUT2D eigenvalue weighted by atomic mass is 32.2. The fourth-order valence-corrected chi connectivity index (χ4v) is 4.44. The Morgan fingerprint density at radius 3 is 2.23 bits per heavy atom. The number of sulfonamides is 1.